The van der Waals surface area contributed by atoms with E-state index < -0.39 is 0 Å². The molecule has 1 aromatic heterocycles. The minimum Gasteiger partial charge on any atom is -0.497 e. The lowest BCUT2D eigenvalue weighted by Crippen LogP contribution is -2.13. The minimum absolute atomic E-state index is 0.0236. The molecule has 146 valence electrons. The van der Waals surface area contributed by atoms with E-state index in [4.69, 9.17) is 13.9 Å². The first-order valence-corrected chi connectivity index (χ1v) is 9.78. The molecule has 3 rings (SSSR count). The van der Waals surface area contributed by atoms with E-state index in [1.807, 2.05) is 31.2 Å². The van der Waals surface area contributed by atoms with Crippen LogP contribution in [0.5, 0.6) is 11.5 Å². The Kier molecular flexibility index (Phi) is 6.36. The largest absolute Gasteiger partial charge is 0.497 e. The smallest absolute Gasteiger partial charge is 0.277 e. The highest BCUT2D eigenvalue weighted by Gasteiger charge is 2.20. The van der Waals surface area contributed by atoms with Crippen LogP contribution in [0.2, 0.25) is 0 Å². The number of carbonyl (C=O) groups is 1. The summed E-state index contributed by atoms with van der Waals surface area (Å²) in [7, 11) is 3.15. The van der Waals surface area contributed by atoms with Crippen molar-refractivity contribution in [3.05, 3.63) is 53.6 Å². The van der Waals surface area contributed by atoms with Crippen molar-refractivity contribution in [2.45, 2.75) is 30.7 Å². The number of thioether (sulfide) groups is 1. The van der Waals surface area contributed by atoms with Crippen molar-refractivity contribution < 1.29 is 18.7 Å². The Hall–Kier alpha value is -2.80. The summed E-state index contributed by atoms with van der Waals surface area (Å²) in [5.41, 5.74) is 2.56. The molecule has 2 aromatic carbocycles. The normalized spacial score (nSPS) is 11.9. The first kappa shape index (κ1) is 19.9. The Labute approximate surface area is 168 Å². The molecule has 0 spiro atoms. The fourth-order valence-corrected chi connectivity index (χ4v) is 3.41. The van der Waals surface area contributed by atoms with Crippen molar-refractivity contribution in [2.24, 2.45) is 0 Å². The zero-order valence-corrected chi connectivity index (χ0v) is 17.1. The van der Waals surface area contributed by atoms with Gasteiger partial charge in [-0.1, -0.05) is 43.0 Å². The van der Waals surface area contributed by atoms with Gasteiger partial charge in [0, 0.05) is 17.2 Å². The SMILES string of the molecule is CCc1ccc(C(=O)[C@H](C)Sc2nnc(-c3cc(OC)cc(OC)c3)o2)cc1. The van der Waals surface area contributed by atoms with Crippen LogP contribution in [0.3, 0.4) is 0 Å². The van der Waals surface area contributed by atoms with Gasteiger partial charge in [0.1, 0.15) is 11.5 Å². The summed E-state index contributed by atoms with van der Waals surface area (Å²) in [6, 6.07) is 13.0. The van der Waals surface area contributed by atoms with Gasteiger partial charge < -0.3 is 13.9 Å². The molecule has 1 atom stereocenters. The zero-order valence-electron chi connectivity index (χ0n) is 16.3. The second kappa shape index (κ2) is 8.93. The Morgan fingerprint density at radius 3 is 2.29 bits per heavy atom. The molecular formula is C21H22N2O4S. The number of aromatic nitrogens is 2. The second-order valence-electron chi connectivity index (χ2n) is 6.15. The summed E-state index contributed by atoms with van der Waals surface area (Å²) < 4.78 is 16.3. The number of Topliss-reactive ketones (excluding diaryl/α,β-unsaturated/α-hetero) is 1. The van der Waals surface area contributed by atoms with Gasteiger partial charge in [0.15, 0.2) is 5.78 Å². The maximum absolute atomic E-state index is 12.6. The van der Waals surface area contributed by atoms with E-state index in [0.29, 0.717) is 33.7 Å². The summed E-state index contributed by atoms with van der Waals surface area (Å²) in [6.07, 6.45) is 0.943. The molecule has 0 unspecified atom stereocenters. The first-order valence-electron chi connectivity index (χ1n) is 8.90. The molecular weight excluding hydrogens is 376 g/mol. The van der Waals surface area contributed by atoms with E-state index in [1.54, 1.807) is 32.4 Å². The molecule has 7 heteroatoms. The lowest BCUT2D eigenvalue weighted by atomic mass is 10.1. The van der Waals surface area contributed by atoms with Crippen molar-refractivity contribution in [1.29, 1.82) is 0 Å². The summed E-state index contributed by atoms with van der Waals surface area (Å²) >= 11 is 1.24. The van der Waals surface area contributed by atoms with Crippen LogP contribution < -0.4 is 9.47 Å². The molecule has 0 aliphatic rings. The van der Waals surface area contributed by atoms with Gasteiger partial charge in [0.2, 0.25) is 5.89 Å². The molecule has 0 saturated heterocycles. The maximum atomic E-state index is 12.6. The van der Waals surface area contributed by atoms with E-state index in [0.717, 1.165) is 6.42 Å². The molecule has 0 aliphatic heterocycles. The van der Waals surface area contributed by atoms with Crippen LogP contribution >= 0.6 is 11.8 Å². The van der Waals surface area contributed by atoms with Gasteiger partial charge in [-0.25, -0.2) is 0 Å². The summed E-state index contributed by atoms with van der Waals surface area (Å²) in [6.45, 7) is 3.92. The van der Waals surface area contributed by atoms with Gasteiger partial charge in [-0.15, -0.1) is 10.2 Å². The molecule has 0 bridgehead atoms. The van der Waals surface area contributed by atoms with Crippen LogP contribution in [0.15, 0.2) is 52.1 Å². The molecule has 6 nitrogen and oxygen atoms in total. The summed E-state index contributed by atoms with van der Waals surface area (Å²) in [5, 5.41) is 8.13. The van der Waals surface area contributed by atoms with Crippen LogP contribution in [-0.2, 0) is 6.42 Å². The molecule has 0 fully saturated rings. The van der Waals surface area contributed by atoms with Crippen molar-refractivity contribution in [3.8, 4) is 23.0 Å². The van der Waals surface area contributed by atoms with E-state index in [2.05, 4.69) is 17.1 Å². The average molecular weight is 398 g/mol. The summed E-state index contributed by atoms with van der Waals surface area (Å²) in [5.74, 6) is 1.61. The number of rotatable bonds is 8. The fourth-order valence-electron chi connectivity index (χ4n) is 2.65. The second-order valence-corrected chi connectivity index (χ2v) is 7.44. The van der Waals surface area contributed by atoms with Crippen LogP contribution in [0.1, 0.15) is 29.8 Å². The third-order valence-electron chi connectivity index (χ3n) is 4.30. The number of hydrogen-bond acceptors (Lipinski definition) is 7. The van der Waals surface area contributed by atoms with E-state index >= 15 is 0 Å². The standard InChI is InChI=1S/C21H22N2O4S/c1-5-14-6-8-15(9-7-14)19(24)13(2)28-21-23-22-20(27-21)16-10-17(25-3)12-18(11-16)26-4/h6-13H,5H2,1-4H3/t13-/m0/s1. The molecule has 0 saturated carbocycles. The predicted octanol–water partition coefficient (Wildman–Crippen LogP) is 4.68. The minimum atomic E-state index is -0.347. The topological polar surface area (TPSA) is 74.5 Å². The molecule has 0 radical (unpaired) electrons. The van der Waals surface area contributed by atoms with Gasteiger partial charge in [0.05, 0.1) is 19.5 Å². The Morgan fingerprint density at radius 2 is 1.71 bits per heavy atom. The fraction of sp³-hybridized carbons (Fsp3) is 0.286. The highest BCUT2D eigenvalue weighted by molar-refractivity contribution is 8.00. The number of ether oxygens (including phenoxy) is 2. The maximum Gasteiger partial charge on any atom is 0.277 e. The van der Waals surface area contributed by atoms with Crippen LogP contribution in [0.4, 0.5) is 0 Å². The average Bonchev–Trinajstić information content (AvgIpc) is 3.21. The third kappa shape index (κ3) is 4.54. The Balaban J connectivity index is 1.74. The van der Waals surface area contributed by atoms with Gasteiger partial charge in [-0.2, -0.15) is 0 Å². The number of aryl methyl sites for hydroxylation is 1. The van der Waals surface area contributed by atoms with Gasteiger partial charge in [-0.3, -0.25) is 4.79 Å². The molecule has 1 heterocycles. The highest BCUT2D eigenvalue weighted by Crippen LogP contribution is 2.32. The first-order chi connectivity index (χ1) is 13.5. The molecule has 0 amide bonds. The highest BCUT2D eigenvalue weighted by atomic mass is 32.2. The number of benzene rings is 2. The lowest BCUT2D eigenvalue weighted by Gasteiger charge is -2.08. The Bertz CT molecular complexity index is 931. The zero-order chi connectivity index (χ0) is 20.1. The van der Waals surface area contributed by atoms with Crippen LogP contribution in [0.25, 0.3) is 11.5 Å². The Morgan fingerprint density at radius 1 is 1.07 bits per heavy atom. The van der Waals surface area contributed by atoms with E-state index in [-0.39, 0.29) is 11.0 Å². The van der Waals surface area contributed by atoms with Gasteiger partial charge in [-0.05, 0) is 31.0 Å². The number of hydrogen-bond donors (Lipinski definition) is 0. The number of nitrogens with zero attached hydrogens (tertiary/aromatic N) is 2. The number of methoxy groups -OCH3 is 2. The lowest BCUT2D eigenvalue weighted by molar-refractivity contribution is 0.0993. The van der Waals surface area contributed by atoms with Gasteiger partial charge >= 0.3 is 0 Å². The molecule has 3 aromatic rings. The number of carbonyl (C=O) groups excluding carboxylic acids is 1. The predicted molar refractivity (Wildman–Crippen MR) is 108 cm³/mol. The van der Waals surface area contributed by atoms with Gasteiger partial charge in [0.25, 0.3) is 5.22 Å². The molecule has 28 heavy (non-hydrogen) atoms. The van der Waals surface area contributed by atoms with Crippen molar-refractivity contribution in [3.63, 3.8) is 0 Å². The van der Waals surface area contributed by atoms with Crippen molar-refractivity contribution in [2.75, 3.05) is 14.2 Å². The van der Waals surface area contributed by atoms with E-state index in [1.165, 1.54) is 17.3 Å². The van der Waals surface area contributed by atoms with E-state index in [9.17, 15) is 4.79 Å². The van der Waals surface area contributed by atoms with Crippen molar-refractivity contribution >= 4 is 17.5 Å². The summed E-state index contributed by atoms with van der Waals surface area (Å²) in [4.78, 5) is 12.6. The third-order valence-corrected chi connectivity index (χ3v) is 5.23. The monoisotopic (exact) mass is 398 g/mol. The quantitative estimate of drug-likeness (QED) is 0.403. The van der Waals surface area contributed by atoms with Crippen LogP contribution in [0, 0.1) is 0 Å². The van der Waals surface area contributed by atoms with Crippen LogP contribution in [-0.4, -0.2) is 35.5 Å². The molecule has 0 aliphatic carbocycles. The number of ketones is 1. The van der Waals surface area contributed by atoms with Crippen molar-refractivity contribution in [1.82, 2.24) is 10.2 Å². The molecule has 0 N–H and O–H groups in total.